The lowest BCUT2D eigenvalue weighted by Gasteiger charge is -2.08. The maximum atomic E-state index is 5.80. The summed E-state index contributed by atoms with van der Waals surface area (Å²) < 4.78 is 10.7. The second-order valence-corrected chi connectivity index (χ2v) is 4.79. The first-order chi connectivity index (χ1) is 11.3. The molecule has 0 saturated heterocycles. The molecule has 0 saturated carbocycles. The van der Waals surface area contributed by atoms with Crippen molar-refractivity contribution in [2.24, 2.45) is 10.7 Å². The first-order valence-corrected chi connectivity index (χ1v) is 7.48. The molecule has 0 atom stereocenters. The number of aliphatic imine (C=N–C) groups is 1. The predicted molar refractivity (Wildman–Crippen MR) is 106 cm³/mol. The van der Waals surface area contributed by atoms with Gasteiger partial charge >= 0.3 is 0 Å². The van der Waals surface area contributed by atoms with Crippen LogP contribution in [0, 0.1) is 0 Å². The average molecular weight is 442 g/mol. The monoisotopic (exact) mass is 442 g/mol. The molecule has 0 bridgehead atoms. The Morgan fingerprint density at radius 3 is 2.58 bits per heavy atom. The number of nitrogens with two attached hydrogens (primary N) is 1. The van der Waals surface area contributed by atoms with E-state index in [0.717, 1.165) is 23.6 Å². The van der Waals surface area contributed by atoms with Crippen molar-refractivity contribution >= 4 is 29.9 Å². The molecule has 0 aliphatic heterocycles. The standard InChI is InChI=1S/C17H22N4O2.HI/c1-22-15-5-7-16(8-6-15)23-13-12-21-17(18)20-11-9-14-4-2-3-10-19-14;/h2-8,10H,9,11-13H2,1H3,(H3,18,20,21);1H. The van der Waals surface area contributed by atoms with E-state index >= 15 is 0 Å². The molecule has 24 heavy (non-hydrogen) atoms. The van der Waals surface area contributed by atoms with E-state index in [4.69, 9.17) is 15.2 Å². The number of nitrogens with one attached hydrogen (secondary N) is 1. The van der Waals surface area contributed by atoms with E-state index < -0.39 is 0 Å². The van der Waals surface area contributed by atoms with Gasteiger partial charge in [-0.25, -0.2) is 0 Å². The van der Waals surface area contributed by atoms with Gasteiger partial charge in [0.15, 0.2) is 5.96 Å². The van der Waals surface area contributed by atoms with Crippen molar-refractivity contribution in [1.29, 1.82) is 0 Å². The molecule has 0 aliphatic carbocycles. The SMILES string of the molecule is COc1ccc(OCCNC(N)=NCCc2ccccn2)cc1.I. The van der Waals surface area contributed by atoms with Crippen LogP contribution >= 0.6 is 24.0 Å². The fraction of sp³-hybridized carbons (Fsp3) is 0.294. The lowest BCUT2D eigenvalue weighted by Crippen LogP contribution is -2.35. The third-order valence-corrected chi connectivity index (χ3v) is 3.11. The van der Waals surface area contributed by atoms with Crippen LogP contribution in [0.1, 0.15) is 5.69 Å². The zero-order valence-electron chi connectivity index (χ0n) is 13.6. The molecule has 2 rings (SSSR count). The van der Waals surface area contributed by atoms with Gasteiger partial charge in [-0.1, -0.05) is 6.07 Å². The third kappa shape index (κ3) is 7.49. The van der Waals surface area contributed by atoms with Gasteiger partial charge in [0, 0.05) is 24.9 Å². The molecule has 1 aromatic carbocycles. The largest absolute Gasteiger partial charge is 0.497 e. The topological polar surface area (TPSA) is 81.8 Å². The highest BCUT2D eigenvalue weighted by molar-refractivity contribution is 14.0. The molecule has 0 amide bonds. The summed E-state index contributed by atoms with van der Waals surface area (Å²) in [6.45, 7) is 1.70. The molecule has 0 aliphatic rings. The average Bonchev–Trinajstić information content (AvgIpc) is 2.60. The van der Waals surface area contributed by atoms with Gasteiger partial charge in [-0.2, -0.15) is 0 Å². The molecule has 0 spiro atoms. The minimum atomic E-state index is 0. The number of guanidine groups is 1. The summed E-state index contributed by atoms with van der Waals surface area (Å²) >= 11 is 0. The maximum Gasteiger partial charge on any atom is 0.188 e. The van der Waals surface area contributed by atoms with Crippen LogP contribution in [0.2, 0.25) is 0 Å². The lowest BCUT2D eigenvalue weighted by atomic mass is 10.3. The number of methoxy groups -OCH3 is 1. The van der Waals surface area contributed by atoms with Gasteiger partial charge in [0.2, 0.25) is 0 Å². The Labute approximate surface area is 159 Å². The van der Waals surface area contributed by atoms with Crippen LogP contribution < -0.4 is 20.5 Å². The van der Waals surface area contributed by atoms with Crippen molar-refractivity contribution in [2.75, 3.05) is 26.8 Å². The smallest absolute Gasteiger partial charge is 0.188 e. The minimum absolute atomic E-state index is 0. The number of benzene rings is 1. The van der Waals surface area contributed by atoms with Crippen molar-refractivity contribution in [3.05, 3.63) is 54.4 Å². The molecule has 0 unspecified atom stereocenters. The first-order valence-electron chi connectivity index (χ1n) is 7.48. The van der Waals surface area contributed by atoms with Crippen LogP contribution in [0.5, 0.6) is 11.5 Å². The highest BCUT2D eigenvalue weighted by Crippen LogP contribution is 2.16. The van der Waals surface area contributed by atoms with Gasteiger partial charge in [-0.15, -0.1) is 24.0 Å². The number of ether oxygens (including phenoxy) is 2. The number of nitrogens with zero attached hydrogens (tertiary/aromatic N) is 2. The second-order valence-electron chi connectivity index (χ2n) is 4.79. The molecule has 130 valence electrons. The fourth-order valence-electron chi connectivity index (χ4n) is 1.91. The van der Waals surface area contributed by atoms with Crippen LogP contribution in [0.4, 0.5) is 0 Å². The van der Waals surface area contributed by atoms with E-state index in [1.165, 1.54) is 0 Å². The van der Waals surface area contributed by atoms with E-state index in [-0.39, 0.29) is 24.0 Å². The van der Waals surface area contributed by atoms with Crippen molar-refractivity contribution in [3.63, 3.8) is 0 Å². The Morgan fingerprint density at radius 2 is 1.92 bits per heavy atom. The van der Waals surface area contributed by atoms with Gasteiger partial charge in [0.05, 0.1) is 13.7 Å². The highest BCUT2D eigenvalue weighted by atomic mass is 127. The number of rotatable bonds is 8. The normalized spacial score (nSPS) is 10.6. The van der Waals surface area contributed by atoms with Crippen LogP contribution in [0.3, 0.4) is 0 Å². The summed E-state index contributed by atoms with van der Waals surface area (Å²) in [5, 5.41) is 3.02. The van der Waals surface area contributed by atoms with Gasteiger partial charge in [-0.3, -0.25) is 9.98 Å². The van der Waals surface area contributed by atoms with Crippen LogP contribution in [-0.2, 0) is 6.42 Å². The Hall–Kier alpha value is -2.03. The molecule has 7 heteroatoms. The Bertz CT molecular complexity index is 606. The zero-order chi connectivity index (χ0) is 16.3. The fourth-order valence-corrected chi connectivity index (χ4v) is 1.91. The highest BCUT2D eigenvalue weighted by Gasteiger charge is 1.97. The van der Waals surface area contributed by atoms with Crippen molar-refractivity contribution < 1.29 is 9.47 Å². The van der Waals surface area contributed by atoms with E-state index in [1.54, 1.807) is 13.3 Å². The van der Waals surface area contributed by atoms with Crippen molar-refractivity contribution in [2.45, 2.75) is 6.42 Å². The van der Waals surface area contributed by atoms with Crippen LogP contribution in [0.25, 0.3) is 0 Å². The quantitative estimate of drug-likeness (QED) is 0.284. The molecule has 1 aromatic heterocycles. The molecule has 0 fully saturated rings. The summed E-state index contributed by atoms with van der Waals surface area (Å²) in [5.41, 5.74) is 6.81. The Kier molecular flexibility index (Phi) is 9.59. The van der Waals surface area contributed by atoms with Gasteiger partial charge in [0.25, 0.3) is 0 Å². The summed E-state index contributed by atoms with van der Waals surface area (Å²) in [5.74, 6) is 2.01. The Balaban J connectivity index is 0.00000288. The number of hydrogen-bond acceptors (Lipinski definition) is 4. The predicted octanol–water partition coefficient (Wildman–Crippen LogP) is 2.23. The van der Waals surface area contributed by atoms with Gasteiger partial charge in [-0.05, 0) is 36.4 Å². The van der Waals surface area contributed by atoms with Crippen LogP contribution in [0.15, 0.2) is 53.7 Å². The lowest BCUT2D eigenvalue weighted by molar-refractivity contribution is 0.321. The summed E-state index contributed by atoms with van der Waals surface area (Å²) in [6, 6.07) is 13.3. The third-order valence-electron chi connectivity index (χ3n) is 3.11. The summed E-state index contributed by atoms with van der Waals surface area (Å²) in [6.07, 6.45) is 2.54. The van der Waals surface area contributed by atoms with Gasteiger partial charge in [0.1, 0.15) is 18.1 Å². The number of halogens is 1. The number of aromatic nitrogens is 1. The van der Waals surface area contributed by atoms with E-state index in [1.807, 2.05) is 42.5 Å². The van der Waals surface area contributed by atoms with Crippen molar-refractivity contribution in [3.8, 4) is 11.5 Å². The van der Waals surface area contributed by atoms with Gasteiger partial charge < -0.3 is 20.5 Å². The molecule has 6 nitrogen and oxygen atoms in total. The minimum Gasteiger partial charge on any atom is -0.497 e. The molecular formula is C17H23IN4O2. The summed E-state index contributed by atoms with van der Waals surface area (Å²) in [7, 11) is 1.63. The van der Waals surface area contributed by atoms with Crippen molar-refractivity contribution in [1.82, 2.24) is 10.3 Å². The zero-order valence-corrected chi connectivity index (χ0v) is 16.0. The summed E-state index contributed by atoms with van der Waals surface area (Å²) in [4.78, 5) is 8.50. The molecule has 1 heterocycles. The number of hydrogen-bond donors (Lipinski definition) is 2. The maximum absolute atomic E-state index is 5.80. The molecule has 0 radical (unpaired) electrons. The van der Waals surface area contributed by atoms with Crippen LogP contribution in [-0.4, -0.2) is 37.7 Å². The van der Waals surface area contributed by atoms with E-state index in [2.05, 4.69) is 15.3 Å². The molecule has 3 N–H and O–H groups in total. The van der Waals surface area contributed by atoms with E-state index in [9.17, 15) is 0 Å². The van der Waals surface area contributed by atoms with E-state index in [0.29, 0.717) is 25.7 Å². The first kappa shape index (κ1) is 20.0. The Morgan fingerprint density at radius 1 is 1.17 bits per heavy atom. The molecule has 2 aromatic rings. The number of pyridine rings is 1. The molecular weight excluding hydrogens is 419 g/mol. The second kappa shape index (κ2) is 11.5.